The van der Waals surface area contributed by atoms with Crippen molar-refractivity contribution in [2.45, 2.75) is 6.92 Å². The molecule has 48 valence electrons. The summed E-state index contributed by atoms with van der Waals surface area (Å²) < 4.78 is 4.25. The third kappa shape index (κ3) is 1.58. The minimum Gasteiger partial charge on any atom is -0.298 e. The highest BCUT2D eigenvalue weighted by Crippen LogP contribution is 2.13. The van der Waals surface area contributed by atoms with Gasteiger partial charge in [-0.15, -0.1) is 0 Å². The second kappa shape index (κ2) is 3.06. The fraction of sp³-hybridized carbons (Fsp3) is 0.143. The maximum Gasteiger partial charge on any atom is 0.150 e. The lowest BCUT2D eigenvalue weighted by molar-refractivity contribution is -0.104. The fourth-order valence-corrected chi connectivity index (χ4v) is 2.26. The van der Waals surface area contributed by atoms with Gasteiger partial charge in [0.1, 0.15) is 6.29 Å². The predicted molar refractivity (Wildman–Crippen MR) is 48.0 cm³/mol. The molecule has 0 amide bonds. The van der Waals surface area contributed by atoms with Crippen molar-refractivity contribution < 1.29 is 4.79 Å². The molecule has 9 heavy (non-hydrogen) atoms. The Labute approximate surface area is 64.2 Å². The number of allylic oxidation sites excluding steroid dienone is 3. The van der Waals surface area contributed by atoms with Crippen LogP contribution in [0.4, 0.5) is 0 Å². The molecule has 0 spiro atoms. The number of aldehydes is 1. The fourth-order valence-electron chi connectivity index (χ4n) is 0.562. The lowest BCUT2D eigenvalue weighted by Crippen LogP contribution is -1.88. The third-order valence-electron chi connectivity index (χ3n) is 1.12. The first-order valence-electron chi connectivity index (χ1n) is 2.62. The Kier molecular flexibility index (Phi) is 2.33. The van der Waals surface area contributed by atoms with Gasteiger partial charge in [-0.1, -0.05) is 20.7 Å². The number of hydrogen-bond donors (Lipinski definition) is 0. The van der Waals surface area contributed by atoms with Gasteiger partial charge in [0.2, 0.25) is 0 Å². The minimum absolute atomic E-state index is 0.119. The number of carbonyl (C=O) groups is 1. The van der Waals surface area contributed by atoms with Gasteiger partial charge in [0, 0.05) is 5.57 Å². The molecule has 0 atom stereocenters. The van der Waals surface area contributed by atoms with E-state index in [2.05, 4.69) is 8.09 Å². The zero-order valence-corrected chi connectivity index (χ0v) is 7.25. The monoisotopic (exact) mass is 234 g/mol. The summed E-state index contributed by atoms with van der Waals surface area (Å²) in [5, 5.41) is 0. The van der Waals surface area contributed by atoms with E-state index < -0.39 is 0 Å². The van der Waals surface area contributed by atoms with Gasteiger partial charge in [0.15, 0.2) is 0 Å². The van der Waals surface area contributed by atoms with Crippen LogP contribution in [0.5, 0.6) is 0 Å². The van der Waals surface area contributed by atoms with Crippen molar-refractivity contribution in [2.24, 2.45) is 0 Å². The van der Waals surface area contributed by atoms with Crippen LogP contribution in [-0.4, -0.2) is 10.3 Å². The molecule has 0 aromatic carbocycles. The molecule has 1 aliphatic rings. The van der Waals surface area contributed by atoms with E-state index in [0.717, 1.165) is 17.4 Å². The molecule has 0 radical (unpaired) electrons. The molecule has 2 heteroatoms. The molecular weight excluding hydrogens is 227 g/mol. The quantitative estimate of drug-likeness (QED) is 0.499. The van der Waals surface area contributed by atoms with E-state index in [1.807, 2.05) is 13.0 Å². The molecule has 0 aromatic rings. The zero-order valence-electron chi connectivity index (χ0n) is 5.10. The van der Waals surface area contributed by atoms with E-state index in [1.54, 1.807) is 0 Å². The largest absolute Gasteiger partial charge is 0.298 e. The Morgan fingerprint density at radius 2 is 2.44 bits per heavy atom. The van der Waals surface area contributed by atoms with Crippen LogP contribution in [0.3, 0.4) is 0 Å². The highest BCUT2D eigenvalue weighted by atomic mass is 127. The molecule has 1 heterocycles. The zero-order chi connectivity index (χ0) is 6.69. The summed E-state index contributed by atoms with van der Waals surface area (Å²) in [6.07, 6.45) is 2.82. The van der Waals surface area contributed by atoms with E-state index >= 15 is 0 Å². The van der Waals surface area contributed by atoms with Crippen LogP contribution in [0.1, 0.15) is 6.92 Å². The predicted octanol–water partition coefficient (Wildman–Crippen LogP) is 1.80. The molecule has 0 N–H and O–H groups in total. The maximum atomic E-state index is 10.3. The Morgan fingerprint density at radius 1 is 1.67 bits per heavy atom. The van der Waals surface area contributed by atoms with Crippen LogP contribution in [-0.2, 0) is 4.79 Å². The molecule has 0 aromatic heterocycles. The average Bonchev–Trinajstić information content (AvgIpc) is 1.89. The van der Waals surface area contributed by atoms with Gasteiger partial charge in [-0.3, -0.25) is 4.79 Å². The molecule has 0 fully saturated rings. The summed E-state index contributed by atoms with van der Waals surface area (Å²) in [6.45, 7) is 1.98. The van der Waals surface area contributed by atoms with Gasteiger partial charge in [0.05, 0.1) is 0 Å². The first-order chi connectivity index (χ1) is 4.34. The van der Waals surface area contributed by atoms with Crippen LogP contribution in [0, 0.1) is 0 Å². The van der Waals surface area contributed by atoms with Gasteiger partial charge < -0.3 is 0 Å². The SMILES string of the molecule is CC1=C(C=O)C=CI=C1. The highest BCUT2D eigenvalue weighted by Gasteiger charge is 1.95. The Bertz CT molecular complexity index is 211. The Morgan fingerprint density at radius 3 is 2.89 bits per heavy atom. The highest BCUT2D eigenvalue weighted by molar-refractivity contribution is 14.2. The molecule has 0 unspecified atom stereocenters. The summed E-state index contributed by atoms with van der Waals surface area (Å²) in [5.41, 5.74) is 1.97. The third-order valence-corrected chi connectivity index (χ3v) is 3.19. The maximum absolute atomic E-state index is 10.3. The summed E-state index contributed by atoms with van der Waals surface area (Å²) in [6, 6.07) is 0. The van der Waals surface area contributed by atoms with Crippen LogP contribution in [0.15, 0.2) is 21.3 Å². The number of hydrogen-bond acceptors (Lipinski definition) is 1. The molecule has 1 rings (SSSR count). The lowest BCUT2D eigenvalue weighted by atomic mass is 10.2. The minimum atomic E-state index is 0.119. The molecule has 1 nitrogen and oxygen atoms in total. The van der Waals surface area contributed by atoms with E-state index in [1.165, 1.54) is 0 Å². The lowest BCUT2D eigenvalue weighted by Gasteiger charge is -1.97. The van der Waals surface area contributed by atoms with Crippen molar-refractivity contribution in [3.8, 4) is 0 Å². The van der Waals surface area contributed by atoms with Crippen molar-refractivity contribution in [1.29, 1.82) is 0 Å². The molecule has 0 aliphatic carbocycles. The van der Waals surface area contributed by atoms with Crippen LogP contribution in [0.25, 0.3) is 0 Å². The molecule has 0 saturated carbocycles. The smallest absolute Gasteiger partial charge is 0.150 e. The normalized spacial score (nSPS) is 17.4. The van der Waals surface area contributed by atoms with Crippen molar-refractivity contribution in [1.82, 2.24) is 0 Å². The summed E-state index contributed by atoms with van der Waals surface area (Å²) in [5.74, 6) is 0. The van der Waals surface area contributed by atoms with Crippen LogP contribution < -0.4 is 0 Å². The van der Waals surface area contributed by atoms with Crippen molar-refractivity contribution in [2.75, 3.05) is 0 Å². The Hall–Kier alpha value is -0.250. The van der Waals surface area contributed by atoms with E-state index in [0.29, 0.717) is 0 Å². The second-order valence-electron chi connectivity index (χ2n) is 1.78. The van der Waals surface area contributed by atoms with Gasteiger partial charge >= 0.3 is 0 Å². The average molecular weight is 234 g/mol. The summed E-state index contributed by atoms with van der Waals surface area (Å²) in [4.78, 5) is 10.3. The van der Waals surface area contributed by atoms with E-state index in [9.17, 15) is 4.79 Å². The topological polar surface area (TPSA) is 17.1 Å². The van der Waals surface area contributed by atoms with E-state index in [-0.39, 0.29) is 20.7 Å². The standard InChI is InChI=1S/C7H7IO/c1-6-4-8-3-2-7(6)5-9/h2-5H,1H3. The van der Waals surface area contributed by atoms with Crippen LogP contribution >= 0.6 is 20.7 Å². The van der Waals surface area contributed by atoms with Gasteiger partial charge in [-0.05, 0) is 26.7 Å². The van der Waals surface area contributed by atoms with Crippen molar-refractivity contribution >= 4 is 31.0 Å². The van der Waals surface area contributed by atoms with Gasteiger partial charge in [-0.2, -0.15) is 0 Å². The van der Waals surface area contributed by atoms with Gasteiger partial charge in [0.25, 0.3) is 0 Å². The number of rotatable bonds is 1. The summed E-state index contributed by atoms with van der Waals surface area (Å²) >= 11 is 0.119. The molecule has 1 aliphatic heterocycles. The number of halogens is 1. The first kappa shape index (κ1) is 6.86. The molecular formula is C7H7IO. The van der Waals surface area contributed by atoms with Crippen LogP contribution in [0.2, 0.25) is 0 Å². The van der Waals surface area contributed by atoms with Crippen molar-refractivity contribution in [3.63, 3.8) is 0 Å². The Balaban J connectivity index is 3.01. The number of carbonyl (C=O) groups excluding carboxylic acids is 1. The van der Waals surface area contributed by atoms with Gasteiger partial charge in [-0.25, -0.2) is 0 Å². The second-order valence-corrected chi connectivity index (χ2v) is 3.85. The van der Waals surface area contributed by atoms with E-state index in [4.69, 9.17) is 0 Å². The molecule has 0 bridgehead atoms. The first-order valence-corrected chi connectivity index (χ1v) is 5.11. The summed E-state index contributed by atoms with van der Waals surface area (Å²) in [7, 11) is 0. The molecule has 0 saturated heterocycles. The van der Waals surface area contributed by atoms with Crippen molar-refractivity contribution in [3.05, 3.63) is 21.3 Å².